The van der Waals surface area contributed by atoms with Crippen LogP contribution < -0.4 is 0 Å². The number of rotatable bonds is 7. The lowest BCUT2D eigenvalue weighted by Gasteiger charge is -2.34. The van der Waals surface area contributed by atoms with Crippen molar-refractivity contribution in [2.45, 2.75) is 53.6 Å². The zero-order chi connectivity index (χ0) is 17.5. The fraction of sp³-hybridized carbons (Fsp3) is 0.579. The predicted octanol–water partition coefficient (Wildman–Crippen LogP) is 4.24. The molecule has 128 valence electrons. The summed E-state index contributed by atoms with van der Waals surface area (Å²) in [4.78, 5) is 24.8. The molecule has 0 amide bonds. The fourth-order valence-electron chi connectivity index (χ4n) is 2.65. The molecule has 23 heavy (non-hydrogen) atoms. The largest absolute Gasteiger partial charge is 0.466 e. The summed E-state index contributed by atoms with van der Waals surface area (Å²) in [6.45, 7) is 10.0. The molecule has 0 aromatic heterocycles. The molecule has 0 aliphatic heterocycles. The van der Waals surface area contributed by atoms with Crippen LogP contribution in [0.15, 0.2) is 30.3 Å². The second kappa shape index (κ2) is 8.70. The Bertz CT molecular complexity index is 502. The monoisotopic (exact) mass is 320 g/mol. The third-order valence-corrected chi connectivity index (χ3v) is 3.69. The van der Waals surface area contributed by atoms with Crippen LogP contribution in [0.3, 0.4) is 0 Å². The Morgan fingerprint density at radius 1 is 1.09 bits per heavy atom. The van der Waals surface area contributed by atoms with Gasteiger partial charge in [0.05, 0.1) is 18.1 Å². The molecule has 1 aromatic rings. The lowest BCUT2D eigenvalue weighted by atomic mass is 9.76. The molecule has 1 aromatic carbocycles. The standard InChI is InChI=1S/C19H28O4/c1-6-11-15(16(19(3,4)5)18(21)22-7-2)23-17(20)14-12-9-8-10-13-14/h8-10,12-13,15-16H,6-7,11H2,1-5H3. The Balaban J connectivity index is 3.01. The van der Waals surface area contributed by atoms with Crippen molar-refractivity contribution in [2.24, 2.45) is 11.3 Å². The van der Waals surface area contributed by atoms with Crippen molar-refractivity contribution in [3.63, 3.8) is 0 Å². The molecule has 0 bridgehead atoms. The van der Waals surface area contributed by atoms with Crippen molar-refractivity contribution in [1.82, 2.24) is 0 Å². The van der Waals surface area contributed by atoms with Crippen LogP contribution in [0.5, 0.6) is 0 Å². The Kier molecular flexibility index (Phi) is 7.27. The first kappa shape index (κ1) is 19.2. The van der Waals surface area contributed by atoms with E-state index < -0.39 is 18.0 Å². The molecule has 0 heterocycles. The highest BCUT2D eigenvalue weighted by atomic mass is 16.6. The van der Waals surface area contributed by atoms with Crippen LogP contribution >= 0.6 is 0 Å². The molecule has 1 rings (SSSR count). The summed E-state index contributed by atoms with van der Waals surface area (Å²) >= 11 is 0. The molecule has 2 atom stereocenters. The van der Waals surface area contributed by atoms with Gasteiger partial charge in [-0.2, -0.15) is 0 Å². The van der Waals surface area contributed by atoms with E-state index >= 15 is 0 Å². The van der Waals surface area contributed by atoms with E-state index in [0.717, 1.165) is 6.42 Å². The summed E-state index contributed by atoms with van der Waals surface area (Å²) in [7, 11) is 0. The van der Waals surface area contributed by atoms with E-state index in [-0.39, 0.29) is 11.4 Å². The quantitative estimate of drug-likeness (QED) is 0.705. The van der Waals surface area contributed by atoms with Gasteiger partial charge in [-0.1, -0.05) is 52.3 Å². The van der Waals surface area contributed by atoms with Gasteiger partial charge in [0, 0.05) is 0 Å². The highest BCUT2D eigenvalue weighted by Gasteiger charge is 2.41. The first-order valence-electron chi connectivity index (χ1n) is 8.23. The summed E-state index contributed by atoms with van der Waals surface area (Å²) in [5.74, 6) is -1.20. The minimum absolute atomic E-state index is 0.306. The molecule has 0 N–H and O–H groups in total. The van der Waals surface area contributed by atoms with Crippen LogP contribution in [-0.4, -0.2) is 24.6 Å². The van der Waals surface area contributed by atoms with E-state index in [1.165, 1.54) is 0 Å². The van der Waals surface area contributed by atoms with Crippen LogP contribution in [0.25, 0.3) is 0 Å². The maximum absolute atomic E-state index is 12.4. The molecular formula is C19H28O4. The maximum atomic E-state index is 12.4. The van der Waals surface area contributed by atoms with Crippen LogP contribution in [0.4, 0.5) is 0 Å². The Hall–Kier alpha value is -1.84. The van der Waals surface area contributed by atoms with Gasteiger partial charge in [-0.05, 0) is 30.9 Å². The number of carbonyl (C=O) groups is 2. The summed E-state index contributed by atoms with van der Waals surface area (Å²) in [5, 5.41) is 0. The summed E-state index contributed by atoms with van der Waals surface area (Å²) in [6, 6.07) is 8.84. The zero-order valence-corrected chi connectivity index (χ0v) is 14.8. The lowest BCUT2D eigenvalue weighted by Crippen LogP contribution is -2.42. The Morgan fingerprint density at radius 3 is 2.17 bits per heavy atom. The predicted molar refractivity (Wildman–Crippen MR) is 90.1 cm³/mol. The van der Waals surface area contributed by atoms with Gasteiger partial charge in [0.15, 0.2) is 0 Å². The number of ether oxygens (including phenoxy) is 2. The molecule has 0 aliphatic rings. The van der Waals surface area contributed by atoms with Crippen LogP contribution in [-0.2, 0) is 14.3 Å². The molecule has 0 saturated heterocycles. The number of esters is 2. The van der Waals surface area contributed by atoms with E-state index in [1.54, 1.807) is 31.2 Å². The lowest BCUT2D eigenvalue weighted by molar-refractivity contribution is -0.158. The van der Waals surface area contributed by atoms with Crippen molar-refractivity contribution in [3.8, 4) is 0 Å². The molecule has 2 unspecified atom stereocenters. The van der Waals surface area contributed by atoms with E-state index in [9.17, 15) is 9.59 Å². The molecule has 0 aliphatic carbocycles. The van der Waals surface area contributed by atoms with E-state index in [0.29, 0.717) is 18.6 Å². The molecular weight excluding hydrogens is 292 g/mol. The third-order valence-electron chi connectivity index (χ3n) is 3.69. The second-order valence-corrected chi connectivity index (χ2v) is 6.69. The first-order chi connectivity index (χ1) is 10.8. The van der Waals surface area contributed by atoms with Gasteiger partial charge in [0.1, 0.15) is 6.10 Å². The van der Waals surface area contributed by atoms with Crippen molar-refractivity contribution in [3.05, 3.63) is 35.9 Å². The number of hydrogen-bond donors (Lipinski definition) is 0. The molecule has 0 saturated carbocycles. The molecule has 0 fully saturated rings. The van der Waals surface area contributed by atoms with Crippen molar-refractivity contribution in [2.75, 3.05) is 6.61 Å². The topological polar surface area (TPSA) is 52.6 Å². The fourth-order valence-corrected chi connectivity index (χ4v) is 2.65. The Morgan fingerprint density at radius 2 is 1.70 bits per heavy atom. The van der Waals surface area contributed by atoms with Crippen molar-refractivity contribution < 1.29 is 19.1 Å². The van der Waals surface area contributed by atoms with Crippen LogP contribution in [0.2, 0.25) is 0 Å². The van der Waals surface area contributed by atoms with Crippen LogP contribution in [0, 0.1) is 11.3 Å². The first-order valence-corrected chi connectivity index (χ1v) is 8.23. The average molecular weight is 320 g/mol. The molecule has 4 nitrogen and oxygen atoms in total. The van der Waals surface area contributed by atoms with Gasteiger partial charge in [-0.25, -0.2) is 4.79 Å². The minimum Gasteiger partial charge on any atom is -0.466 e. The van der Waals surface area contributed by atoms with Gasteiger partial charge in [0.25, 0.3) is 0 Å². The van der Waals surface area contributed by atoms with Gasteiger partial charge >= 0.3 is 11.9 Å². The van der Waals surface area contributed by atoms with Crippen LogP contribution in [0.1, 0.15) is 57.8 Å². The average Bonchev–Trinajstić information content (AvgIpc) is 2.47. The van der Waals surface area contributed by atoms with Crippen molar-refractivity contribution >= 4 is 11.9 Å². The second-order valence-electron chi connectivity index (χ2n) is 6.69. The van der Waals surface area contributed by atoms with Gasteiger partial charge in [-0.3, -0.25) is 4.79 Å². The van der Waals surface area contributed by atoms with Gasteiger partial charge in [0.2, 0.25) is 0 Å². The van der Waals surface area contributed by atoms with Crippen molar-refractivity contribution in [1.29, 1.82) is 0 Å². The highest BCUT2D eigenvalue weighted by Crippen LogP contribution is 2.34. The summed E-state index contributed by atoms with van der Waals surface area (Å²) in [6.07, 6.45) is 0.949. The minimum atomic E-state index is -0.494. The zero-order valence-electron chi connectivity index (χ0n) is 14.8. The summed E-state index contributed by atoms with van der Waals surface area (Å²) < 4.78 is 10.9. The normalized spacial score (nSPS) is 14.0. The summed E-state index contributed by atoms with van der Waals surface area (Å²) in [5.41, 5.74) is 0.133. The maximum Gasteiger partial charge on any atom is 0.338 e. The number of benzene rings is 1. The smallest absolute Gasteiger partial charge is 0.338 e. The van der Waals surface area contributed by atoms with E-state index in [4.69, 9.17) is 9.47 Å². The number of hydrogen-bond acceptors (Lipinski definition) is 4. The van der Waals surface area contributed by atoms with E-state index in [1.807, 2.05) is 33.8 Å². The SMILES string of the molecule is CCCC(OC(=O)c1ccccc1)C(C(=O)OCC)C(C)(C)C. The number of carbonyl (C=O) groups excluding carboxylic acids is 2. The highest BCUT2D eigenvalue weighted by molar-refractivity contribution is 5.89. The Labute approximate surface area is 139 Å². The molecule has 0 spiro atoms. The van der Waals surface area contributed by atoms with Gasteiger partial charge in [-0.15, -0.1) is 0 Å². The van der Waals surface area contributed by atoms with E-state index in [2.05, 4.69) is 0 Å². The molecule has 4 heteroatoms. The third kappa shape index (κ3) is 5.70. The van der Waals surface area contributed by atoms with Gasteiger partial charge < -0.3 is 9.47 Å². The molecule has 0 radical (unpaired) electrons.